The van der Waals surface area contributed by atoms with Gasteiger partial charge in [-0.1, -0.05) is 44.1 Å². The first-order valence-corrected chi connectivity index (χ1v) is 10.7. The number of carbonyl (C=O) groups is 3. The number of carbonyl (C=O) groups excluding carboxylic acids is 3. The van der Waals surface area contributed by atoms with Crippen LogP contribution in [0.1, 0.15) is 66.2 Å². The van der Waals surface area contributed by atoms with Gasteiger partial charge in [-0.3, -0.25) is 14.4 Å². The van der Waals surface area contributed by atoms with Crippen LogP contribution in [0.3, 0.4) is 0 Å². The summed E-state index contributed by atoms with van der Waals surface area (Å²) in [6.07, 6.45) is -2.49. The molecular weight excluding hydrogens is 426 g/mol. The average Bonchev–Trinajstić information content (AvgIpc) is 2.70. The van der Waals surface area contributed by atoms with E-state index in [0.29, 0.717) is 6.42 Å². The lowest BCUT2D eigenvalue weighted by molar-refractivity contribution is -0.315. The van der Waals surface area contributed by atoms with Gasteiger partial charge in [0.25, 0.3) is 0 Å². The number of esters is 3. The Labute approximate surface area is 187 Å². The molecule has 1 N–H and O–H groups in total. The Morgan fingerprint density at radius 2 is 1.47 bits per heavy atom. The molecule has 1 rings (SSSR count). The molecule has 1 heterocycles. The number of nitrogens with zero attached hydrogens (tertiary/aromatic N) is 3. The highest BCUT2D eigenvalue weighted by Crippen LogP contribution is 2.31. The smallest absolute Gasteiger partial charge is 0.303 e. The lowest BCUT2D eigenvalue weighted by atomic mass is 9.96. The second kappa shape index (κ2) is 14.6. The summed E-state index contributed by atoms with van der Waals surface area (Å²) in [5, 5.41) is 13.4. The third kappa shape index (κ3) is 9.39. The van der Waals surface area contributed by atoms with Crippen molar-refractivity contribution in [3.05, 3.63) is 10.4 Å². The Morgan fingerprint density at radius 3 is 2.03 bits per heavy atom. The van der Waals surface area contributed by atoms with Crippen molar-refractivity contribution in [2.75, 3.05) is 6.61 Å². The highest BCUT2D eigenvalue weighted by atomic mass is 16.7. The van der Waals surface area contributed by atoms with Crippen molar-refractivity contribution in [1.82, 2.24) is 0 Å². The van der Waals surface area contributed by atoms with E-state index in [1.807, 2.05) is 0 Å². The molecule has 1 unspecified atom stereocenters. The SMILES string of the molecule is CCCCCCCCO[C@H]1O[C@H](C(O)N=[N+]=[N-])[C@@H](OC(C)=O)[C@H](OC(C)=O)[C@@H]1OC(C)=O. The molecular formula is C20H33N3O9. The first kappa shape index (κ1) is 27.6. The van der Waals surface area contributed by atoms with Gasteiger partial charge in [-0.25, -0.2) is 0 Å². The molecule has 0 saturated carbocycles. The maximum Gasteiger partial charge on any atom is 0.303 e. The van der Waals surface area contributed by atoms with Crippen LogP contribution in [0.5, 0.6) is 0 Å². The molecule has 12 heteroatoms. The summed E-state index contributed by atoms with van der Waals surface area (Å²) >= 11 is 0. The van der Waals surface area contributed by atoms with Crippen molar-refractivity contribution in [1.29, 1.82) is 0 Å². The molecule has 0 spiro atoms. The maximum atomic E-state index is 11.7. The van der Waals surface area contributed by atoms with Gasteiger partial charge in [0.05, 0.1) is 0 Å². The second-order valence-corrected chi connectivity index (χ2v) is 7.45. The Kier molecular flexibility index (Phi) is 12.6. The summed E-state index contributed by atoms with van der Waals surface area (Å²) in [4.78, 5) is 37.6. The zero-order valence-electron chi connectivity index (χ0n) is 19.0. The lowest BCUT2D eigenvalue weighted by Crippen LogP contribution is -2.64. The zero-order chi connectivity index (χ0) is 24.1. The van der Waals surface area contributed by atoms with Crippen LogP contribution in [0.2, 0.25) is 0 Å². The first-order valence-electron chi connectivity index (χ1n) is 10.7. The summed E-state index contributed by atoms with van der Waals surface area (Å²) in [7, 11) is 0. The fourth-order valence-corrected chi connectivity index (χ4v) is 3.38. The third-order valence-electron chi connectivity index (χ3n) is 4.68. The summed E-state index contributed by atoms with van der Waals surface area (Å²) in [5.74, 6) is -2.24. The summed E-state index contributed by atoms with van der Waals surface area (Å²) in [6, 6.07) is 0. The average molecular weight is 459 g/mol. The molecule has 0 amide bonds. The van der Waals surface area contributed by atoms with Crippen LogP contribution in [0.25, 0.3) is 10.4 Å². The van der Waals surface area contributed by atoms with Gasteiger partial charge in [-0.05, 0) is 12.0 Å². The molecule has 0 bridgehead atoms. The number of aliphatic hydroxyl groups is 1. The van der Waals surface area contributed by atoms with E-state index in [1.165, 1.54) is 0 Å². The molecule has 0 aromatic rings. The van der Waals surface area contributed by atoms with Crippen LogP contribution in [0, 0.1) is 0 Å². The number of hydrogen-bond acceptors (Lipinski definition) is 10. The van der Waals surface area contributed by atoms with Crippen molar-refractivity contribution in [2.24, 2.45) is 5.11 Å². The molecule has 0 aliphatic carbocycles. The highest BCUT2D eigenvalue weighted by Gasteiger charge is 2.54. The van der Waals surface area contributed by atoms with Crippen LogP contribution in [0.15, 0.2) is 5.11 Å². The Hall–Kier alpha value is -2.40. The van der Waals surface area contributed by atoms with Crippen molar-refractivity contribution in [3.63, 3.8) is 0 Å². The van der Waals surface area contributed by atoms with Gasteiger partial charge in [0.2, 0.25) is 0 Å². The molecule has 0 radical (unpaired) electrons. The van der Waals surface area contributed by atoms with Gasteiger partial charge in [0, 0.05) is 32.3 Å². The minimum atomic E-state index is -1.79. The molecule has 1 aliphatic heterocycles. The molecule has 32 heavy (non-hydrogen) atoms. The molecule has 182 valence electrons. The first-order chi connectivity index (χ1) is 15.2. The van der Waals surface area contributed by atoms with Crippen LogP contribution in [-0.2, 0) is 38.1 Å². The minimum absolute atomic E-state index is 0.240. The quantitative estimate of drug-likeness (QED) is 0.109. The molecule has 1 fully saturated rings. The van der Waals surface area contributed by atoms with E-state index in [9.17, 15) is 19.5 Å². The monoisotopic (exact) mass is 459 g/mol. The van der Waals surface area contributed by atoms with Crippen LogP contribution in [0.4, 0.5) is 0 Å². The van der Waals surface area contributed by atoms with Gasteiger partial charge >= 0.3 is 17.9 Å². The van der Waals surface area contributed by atoms with Gasteiger partial charge in [-0.2, -0.15) is 0 Å². The van der Waals surface area contributed by atoms with Crippen molar-refractivity contribution >= 4 is 17.9 Å². The van der Waals surface area contributed by atoms with E-state index >= 15 is 0 Å². The van der Waals surface area contributed by atoms with Gasteiger partial charge in [-0.15, -0.1) is 0 Å². The van der Waals surface area contributed by atoms with E-state index in [4.69, 9.17) is 29.2 Å². The van der Waals surface area contributed by atoms with E-state index < -0.39 is 54.8 Å². The number of unbranched alkanes of at least 4 members (excludes halogenated alkanes) is 5. The Morgan fingerprint density at radius 1 is 0.938 bits per heavy atom. The topological polar surface area (TPSA) is 166 Å². The molecule has 6 atom stereocenters. The predicted molar refractivity (Wildman–Crippen MR) is 110 cm³/mol. The minimum Gasteiger partial charge on any atom is -0.456 e. The van der Waals surface area contributed by atoms with Gasteiger partial charge < -0.3 is 28.8 Å². The largest absolute Gasteiger partial charge is 0.456 e. The lowest BCUT2D eigenvalue weighted by Gasteiger charge is -2.44. The predicted octanol–water partition coefficient (Wildman–Crippen LogP) is 2.51. The van der Waals surface area contributed by atoms with Gasteiger partial charge in [0.15, 0.2) is 30.8 Å². The number of azide groups is 1. The van der Waals surface area contributed by atoms with Gasteiger partial charge in [0.1, 0.15) is 6.10 Å². The number of ether oxygens (including phenoxy) is 5. The van der Waals surface area contributed by atoms with Crippen molar-refractivity contribution in [2.45, 2.75) is 103 Å². The fraction of sp³-hybridized carbons (Fsp3) is 0.850. The summed E-state index contributed by atoms with van der Waals surface area (Å²) in [5.41, 5.74) is 8.69. The molecule has 0 aromatic heterocycles. The Balaban J connectivity index is 3.10. The summed E-state index contributed by atoms with van der Waals surface area (Å²) < 4.78 is 27.2. The van der Waals surface area contributed by atoms with Crippen molar-refractivity contribution in [3.8, 4) is 0 Å². The third-order valence-corrected chi connectivity index (χ3v) is 4.68. The zero-order valence-corrected chi connectivity index (χ0v) is 19.0. The van der Waals surface area contributed by atoms with Crippen molar-refractivity contribution < 1.29 is 43.2 Å². The summed E-state index contributed by atoms with van der Waals surface area (Å²) in [6.45, 7) is 5.74. The Bertz CT molecular complexity index is 669. The van der Waals surface area contributed by atoms with Crippen LogP contribution in [-0.4, -0.2) is 66.6 Å². The number of rotatable bonds is 13. The van der Waals surface area contributed by atoms with Crippen LogP contribution >= 0.6 is 0 Å². The van der Waals surface area contributed by atoms with E-state index in [2.05, 4.69) is 16.9 Å². The standard InChI is InChI=1S/C20H33N3O9/c1-5-6-7-8-9-10-11-28-20-18(31-14(4)26)16(30-13(3)25)15(29-12(2)24)17(32-20)19(27)22-23-21/h15-20,27H,5-11H2,1-4H3/t15-,16-,17-,18-,19?,20-/m0/s1. The molecule has 0 aromatic carbocycles. The number of hydrogen-bond donors (Lipinski definition) is 1. The van der Waals surface area contributed by atoms with E-state index in [1.54, 1.807) is 0 Å². The number of aliphatic hydroxyl groups excluding tert-OH is 1. The second-order valence-electron chi connectivity index (χ2n) is 7.45. The molecule has 12 nitrogen and oxygen atoms in total. The molecule has 1 aliphatic rings. The molecule has 1 saturated heterocycles. The van der Waals surface area contributed by atoms with Crippen LogP contribution < -0.4 is 0 Å². The maximum absolute atomic E-state index is 11.7. The normalized spacial score (nSPS) is 25.8. The van der Waals surface area contributed by atoms with E-state index in [0.717, 1.165) is 52.9 Å². The highest BCUT2D eigenvalue weighted by molar-refractivity contribution is 5.68. The van der Waals surface area contributed by atoms with E-state index in [-0.39, 0.29) is 6.61 Å². The fourth-order valence-electron chi connectivity index (χ4n) is 3.38.